The third kappa shape index (κ3) is 4.13. The predicted molar refractivity (Wildman–Crippen MR) is 121 cm³/mol. The van der Waals surface area contributed by atoms with Gasteiger partial charge in [0.05, 0.1) is 12.2 Å². The van der Waals surface area contributed by atoms with Gasteiger partial charge in [-0.15, -0.1) is 0 Å². The SMILES string of the molecule is CCc1ccc(NC(=O)N2CCc3nc(-c4ccccc4)nc(N(C)C)c3C2)cc1. The summed E-state index contributed by atoms with van der Waals surface area (Å²) in [4.78, 5) is 26.3. The number of hydrogen-bond acceptors (Lipinski definition) is 4. The van der Waals surface area contributed by atoms with Gasteiger partial charge in [0, 0.05) is 43.9 Å². The quantitative estimate of drug-likeness (QED) is 0.706. The average Bonchev–Trinajstić information content (AvgIpc) is 2.79. The highest BCUT2D eigenvalue weighted by atomic mass is 16.2. The van der Waals surface area contributed by atoms with Crippen molar-refractivity contribution >= 4 is 17.5 Å². The molecular weight excluding hydrogens is 374 g/mol. The minimum atomic E-state index is -0.0956. The van der Waals surface area contributed by atoms with E-state index in [0.717, 1.165) is 40.6 Å². The molecule has 0 atom stereocenters. The van der Waals surface area contributed by atoms with Crippen LogP contribution < -0.4 is 10.2 Å². The monoisotopic (exact) mass is 401 g/mol. The number of aromatic nitrogens is 2. The highest BCUT2D eigenvalue weighted by Crippen LogP contribution is 2.29. The fourth-order valence-corrected chi connectivity index (χ4v) is 3.68. The van der Waals surface area contributed by atoms with Crippen LogP contribution in [0.4, 0.5) is 16.3 Å². The first-order valence-electron chi connectivity index (χ1n) is 10.3. The first-order chi connectivity index (χ1) is 14.5. The lowest BCUT2D eigenvalue weighted by molar-refractivity contribution is 0.206. The Bertz CT molecular complexity index is 1030. The molecule has 2 aromatic carbocycles. The Morgan fingerprint density at radius 3 is 2.47 bits per heavy atom. The van der Waals surface area contributed by atoms with Crippen molar-refractivity contribution in [3.8, 4) is 11.4 Å². The number of carbonyl (C=O) groups is 1. The van der Waals surface area contributed by atoms with Crippen LogP contribution in [0.3, 0.4) is 0 Å². The maximum absolute atomic E-state index is 12.9. The topological polar surface area (TPSA) is 61.4 Å². The average molecular weight is 402 g/mol. The number of anilines is 2. The summed E-state index contributed by atoms with van der Waals surface area (Å²) in [6.07, 6.45) is 1.69. The second-order valence-electron chi connectivity index (χ2n) is 7.71. The Labute approximate surface area is 177 Å². The smallest absolute Gasteiger partial charge is 0.322 e. The molecule has 0 spiro atoms. The van der Waals surface area contributed by atoms with Crippen molar-refractivity contribution < 1.29 is 4.79 Å². The fourth-order valence-electron chi connectivity index (χ4n) is 3.68. The molecule has 1 N–H and O–H groups in total. The molecular formula is C24H27N5O. The Balaban J connectivity index is 1.57. The first kappa shape index (κ1) is 19.9. The van der Waals surface area contributed by atoms with Crippen LogP contribution in [0, 0.1) is 0 Å². The van der Waals surface area contributed by atoms with E-state index in [1.54, 1.807) is 0 Å². The van der Waals surface area contributed by atoms with Crippen molar-refractivity contribution in [3.05, 3.63) is 71.4 Å². The summed E-state index contributed by atoms with van der Waals surface area (Å²) in [6, 6.07) is 17.9. The van der Waals surface area contributed by atoms with Crippen LogP contribution in [0.1, 0.15) is 23.7 Å². The molecule has 4 rings (SSSR count). The molecule has 0 saturated heterocycles. The molecule has 6 heteroatoms. The molecule has 154 valence electrons. The largest absolute Gasteiger partial charge is 0.362 e. The number of carbonyl (C=O) groups excluding carboxylic acids is 1. The zero-order valence-corrected chi connectivity index (χ0v) is 17.7. The van der Waals surface area contributed by atoms with Crippen LogP contribution >= 0.6 is 0 Å². The van der Waals surface area contributed by atoms with Gasteiger partial charge in [0.15, 0.2) is 5.82 Å². The van der Waals surface area contributed by atoms with E-state index in [0.29, 0.717) is 19.5 Å². The molecule has 1 aliphatic heterocycles. The molecule has 2 amide bonds. The number of rotatable bonds is 4. The highest BCUT2D eigenvalue weighted by molar-refractivity contribution is 5.89. The van der Waals surface area contributed by atoms with Gasteiger partial charge in [-0.05, 0) is 24.1 Å². The van der Waals surface area contributed by atoms with E-state index in [-0.39, 0.29) is 6.03 Å². The zero-order chi connectivity index (χ0) is 21.1. The third-order valence-electron chi connectivity index (χ3n) is 5.39. The van der Waals surface area contributed by atoms with Gasteiger partial charge >= 0.3 is 6.03 Å². The molecule has 0 aliphatic carbocycles. The number of benzene rings is 2. The Morgan fingerprint density at radius 2 is 1.80 bits per heavy atom. The Kier molecular flexibility index (Phi) is 5.65. The lowest BCUT2D eigenvalue weighted by Gasteiger charge is -2.31. The number of nitrogens with one attached hydrogen (secondary N) is 1. The molecule has 2 heterocycles. The molecule has 0 fully saturated rings. The van der Waals surface area contributed by atoms with Gasteiger partial charge in [-0.1, -0.05) is 49.4 Å². The van der Waals surface area contributed by atoms with Crippen LogP contribution in [-0.4, -0.2) is 41.5 Å². The van der Waals surface area contributed by atoms with Crippen molar-refractivity contribution in [2.75, 3.05) is 30.9 Å². The van der Waals surface area contributed by atoms with Gasteiger partial charge in [-0.3, -0.25) is 0 Å². The summed E-state index contributed by atoms with van der Waals surface area (Å²) < 4.78 is 0. The fraction of sp³-hybridized carbons (Fsp3) is 0.292. The Morgan fingerprint density at radius 1 is 1.07 bits per heavy atom. The van der Waals surface area contributed by atoms with Gasteiger partial charge < -0.3 is 15.1 Å². The van der Waals surface area contributed by atoms with E-state index in [2.05, 4.69) is 12.2 Å². The molecule has 6 nitrogen and oxygen atoms in total. The summed E-state index contributed by atoms with van der Waals surface area (Å²) >= 11 is 0. The van der Waals surface area contributed by atoms with Gasteiger partial charge in [-0.2, -0.15) is 0 Å². The van der Waals surface area contributed by atoms with Crippen LogP contribution in [0.25, 0.3) is 11.4 Å². The molecule has 0 unspecified atom stereocenters. The molecule has 0 saturated carbocycles. The minimum absolute atomic E-state index is 0.0956. The summed E-state index contributed by atoms with van der Waals surface area (Å²) in [5.41, 5.74) is 5.10. The Hall–Kier alpha value is -3.41. The zero-order valence-electron chi connectivity index (χ0n) is 17.7. The lowest BCUT2D eigenvalue weighted by atomic mass is 10.1. The van der Waals surface area contributed by atoms with E-state index < -0.39 is 0 Å². The number of urea groups is 1. The third-order valence-corrected chi connectivity index (χ3v) is 5.39. The van der Waals surface area contributed by atoms with Crippen molar-refractivity contribution in [1.29, 1.82) is 0 Å². The highest BCUT2D eigenvalue weighted by Gasteiger charge is 2.26. The van der Waals surface area contributed by atoms with Crippen molar-refractivity contribution in [2.24, 2.45) is 0 Å². The van der Waals surface area contributed by atoms with E-state index in [1.165, 1.54) is 5.56 Å². The first-order valence-corrected chi connectivity index (χ1v) is 10.3. The molecule has 1 aliphatic rings. The number of amides is 2. The standard InChI is InChI=1S/C24H27N5O/c1-4-17-10-12-19(13-11-17)25-24(30)29-15-14-21-20(16-29)23(28(2)3)27-22(26-21)18-8-6-5-7-9-18/h5-13H,4,14-16H2,1-3H3,(H,25,30). The van der Waals surface area contributed by atoms with Crippen LogP contribution in [-0.2, 0) is 19.4 Å². The number of nitrogens with zero attached hydrogens (tertiary/aromatic N) is 4. The second kappa shape index (κ2) is 8.53. The molecule has 0 radical (unpaired) electrons. The summed E-state index contributed by atoms with van der Waals surface area (Å²) in [6.45, 7) is 3.24. The van der Waals surface area contributed by atoms with E-state index in [9.17, 15) is 4.79 Å². The van der Waals surface area contributed by atoms with E-state index in [4.69, 9.17) is 9.97 Å². The van der Waals surface area contributed by atoms with Gasteiger partial charge in [0.2, 0.25) is 0 Å². The molecule has 1 aromatic heterocycles. The maximum atomic E-state index is 12.9. The van der Waals surface area contributed by atoms with Crippen LogP contribution in [0.15, 0.2) is 54.6 Å². The maximum Gasteiger partial charge on any atom is 0.322 e. The number of fused-ring (bicyclic) bond motifs is 1. The van der Waals surface area contributed by atoms with E-state index in [1.807, 2.05) is 78.5 Å². The number of aryl methyl sites for hydroxylation is 1. The van der Waals surface area contributed by atoms with Gasteiger partial charge in [0.1, 0.15) is 5.82 Å². The summed E-state index contributed by atoms with van der Waals surface area (Å²) in [7, 11) is 3.96. The van der Waals surface area contributed by atoms with Crippen molar-refractivity contribution in [3.63, 3.8) is 0 Å². The molecule has 30 heavy (non-hydrogen) atoms. The predicted octanol–water partition coefficient (Wildman–Crippen LogP) is 4.36. The lowest BCUT2D eigenvalue weighted by Crippen LogP contribution is -2.40. The van der Waals surface area contributed by atoms with Crippen molar-refractivity contribution in [1.82, 2.24) is 14.9 Å². The van der Waals surface area contributed by atoms with Gasteiger partial charge in [-0.25, -0.2) is 14.8 Å². The minimum Gasteiger partial charge on any atom is -0.362 e. The van der Waals surface area contributed by atoms with Crippen LogP contribution in [0.2, 0.25) is 0 Å². The van der Waals surface area contributed by atoms with Gasteiger partial charge in [0.25, 0.3) is 0 Å². The summed E-state index contributed by atoms with van der Waals surface area (Å²) in [5, 5.41) is 3.01. The van der Waals surface area contributed by atoms with Crippen molar-refractivity contribution in [2.45, 2.75) is 26.3 Å². The summed E-state index contributed by atoms with van der Waals surface area (Å²) in [5.74, 6) is 1.59. The number of hydrogen-bond donors (Lipinski definition) is 1. The van der Waals surface area contributed by atoms with E-state index >= 15 is 0 Å². The normalized spacial score (nSPS) is 13.0. The molecule has 3 aromatic rings. The van der Waals surface area contributed by atoms with Crippen LogP contribution in [0.5, 0.6) is 0 Å². The molecule has 0 bridgehead atoms. The second-order valence-corrected chi connectivity index (χ2v) is 7.71.